The molecule has 1 unspecified atom stereocenters. The minimum Gasteiger partial charge on any atom is -0.372 e. The lowest BCUT2D eigenvalue weighted by molar-refractivity contribution is -0.159. The minimum atomic E-state index is -4.67. The van der Waals surface area contributed by atoms with Crippen LogP contribution in [0.4, 0.5) is 13.2 Å². The van der Waals surface area contributed by atoms with Gasteiger partial charge in [-0.05, 0) is 12.5 Å². The van der Waals surface area contributed by atoms with E-state index in [1.807, 2.05) is 0 Å². The summed E-state index contributed by atoms with van der Waals surface area (Å²) in [5.74, 6) is -1.71. The first-order chi connectivity index (χ1) is 11.2. The molecule has 1 atom stereocenters. The number of likely N-dealkylation sites (N-methyl/N-ethyl adjacent to an activating group) is 1. The summed E-state index contributed by atoms with van der Waals surface area (Å²) in [7, 11) is 3.09. The molecule has 0 aliphatic heterocycles. The van der Waals surface area contributed by atoms with Crippen LogP contribution < -0.4 is 0 Å². The van der Waals surface area contributed by atoms with E-state index in [0.717, 1.165) is 5.56 Å². The van der Waals surface area contributed by atoms with Crippen LogP contribution in [0.3, 0.4) is 0 Å². The van der Waals surface area contributed by atoms with Crippen molar-refractivity contribution in [3.63, 3.8) is 0 Å². The second-order valence-electron chi connectivity index (χ2n) is 5.19. The summed E-state index contributed by atoms with van der Waals surface area (Å²) >= 11 is 0. The van der Waals surface area contributed by atoms with Crippen LogP contribution >= 0.6 is 0 Å². The summed E-state index contributed by atoms with van der Waals surface area (Å²) in [5, 5.41) is 3.32. The first-order valence-corrected chi connectivity index (χ1v) is 7.00. The summed E-state index contributed by atoms with van der Waals surface area (Å²) in [5.41, 5.74) is 1.19. The van der Waals surface area contributed by atoms with E-state index in [-0.39, 0.29) is 11.7 Å². The van der Waals surface area contributed by atoms with Crippen LogP contribution in [-0.4, -0.2) is 41.2 Å². The third-order valence-electron chi connectivity index (χ3n) is 3.38. The molecule has 1 amide bonds. The monoisotopic (exact) mass is 343 g/mol. The molecule has 2 rings (SSSR count). The summed E-state index contributed by atoms with van der Waals surface area (Å²) in [6.45, 7) is 1.99. The lowest BCUT2D eigenvalue weighted by Gasteiger charge is -2.20. The number of carbonyl (C=O) groups is 1. The fraction of sp³-hybridized carbons (Fsp3) is 0.400. The standard InChI is InChI=1S/C15H16F3N3O3/c1-9(23-3)13(22)21(2)8-10-4-6-11(7-5-10)12-19-14(24-20-12)15(16,17)18/h4-7,9H,8H2,1-3H3. The maximum Gasteiger partial charge on any atom is 0.471 e. The second kappa shape index (κ2) is 7.00. The van der Waals surface area contributed by atoms with Gasteiger partial charge in [-0.2, -0.15) is 18.2 Å². The zero-order valence-corrected chi connectivity index (χ0v) is 13.3. The number of alkyl halides is 3. The molecule has 0 spiro atoms. The Morgan fingerprint density at radius 2 is 1.96 bits per heavy atom. The van der Waals surface area contributed by atoms with Crippen LogP contribution in [0.5, 0.6) is 0 Å². The molecule has 2 aromatic rings. The molecule has 0 bridgehead atoms. The van der Waals surface area contributed by atoms with Crippen molar-refractivity contribution in [2.45, 2.75) is 25.7 Å². The highest BCUT2D eigenvalue weighted by Gasteiger charge is 2.38. The number of methoxy groups -OCH3 is 1. The van der Waals surface area contributed by atoms with Gasteiger partial charge < -0.3 is 14.2 Å². The Kier molecular flexibility index (Phi) is 5.23. The van der Waals surface area contributed by atoms with Crippen molar-refractivity contribution >= 4 is 5.91 Å². The second-order valence-corrected chi connectivity index (χ2v) is 5.19. The molecule has 6 nitrogen and oxygen atoms in total. The van der Waals surface area contributed by atoms with Crippen LogP contribution in [0.15, 0.2) is 28.8 Å². The number of nitrogens with zero attached hydrogens (tertiary/aromatic N) is 3. The SMILES string of the molecule is COC(C)C(=O)N(C)Cc1ccc(-c2noc(C(F)(F)F)n2)cc1. The van der Waals surface area contributed by atoms with Gasteiger partial charge in [0, 0.05) is 26.3 Å². The topological polar surface area (TPSA) is 68.5 Å². The molecule has 0 aliphatic rings. The molecule has 1 aromatic heterocycles. The van der Waals surface area contributed by atoms with Gasteiger partial charge in [0.15, 0.2) is 0 Å². The maximum absolute atomic E-state index is 12.5. The number of hydrogen-bond acceptors (Lipinski definition) is 5. The first kappa shape index (κ1) is 17.9. The van der Waals surface area contributed by atoms with E-state index >= 15 is 0 Å². The number of ether oxygens (including phenoxy) is 1. The molecule has 24 heavy (non-hydrogen) atoms. The number of halogens is 3. The first-order valence-electron chi connectivity index (χ1n) is 7.00. The van der Waals surface area contributed by atoms with Gasteiger partial charge >= 0.3 is 12.1 Å². The van der Waals surface area contributed by atoms with Gasteiger partial charge in [-0.1, -0.05) is 29.4 Å². The van der Waals surface area contributed by atoms with E-state index in [1.165, 1.54) is 12.0 Å². The molecule has 1 heterocycles. The Morgan fingerprint density at radius 1 is 1.33 bits per heavy atom. The lowest BCUT2D eigenvalue weighted by atomic mass is 10.1. The van der Waals surface area contributed by atoms with Crippen molar-refractivity contribution in [2.24, 2.45) is 0 Å². The average molecular weight is 343 g/mol. The Labute approximate surface area is 136 Å². The molecule has 0 radical (unpaired) electrons. The van der Waals surface area contributed by atoms with Crippen LogP contribution in [-0.2, 0) is 22.3 Å². The minimum absolute atomic E-state index is 0.147. The Morgan fingerprint density at radius 3 is 2.46 bits per heavy atom. The number of rotatable bonds is 5. The zero-order valence-electron chi connectivity index (χ0n) is 13.3. The summed E-state index contributed by atoms with van der Waals surface area (Å²) in [4.78, 5) is 16.7. The lowest BCUT2D eigenvalue weighted by Crippen LogP contribution is -2.35. The fourth-order valence-electron chi connectivity index (χ4n) is 1.98. The quantitative estimate of drug-likeness (QED) is 0.835. The number of benzene rings is 1. The van der Waals surface area contributed by atoms with E-state index in [1.54, 1.807) is 38.2 Å². The van der Waals surface area contributed by atoms with Gasteiger partial charge in [0.2, 0.25) is 5.82 Å². The zero-order chi connectivity index (χ0) is 17.9. The van der Waals surface area contributed by atoms with Crippen molar-refractivity contribution in [3.05, 3.63) is 35.7 Å². The number of hydrogen-bond donors (Lipinski definition) is 0. The highest BCUT2D eigenvalue weighted by Crippen LogP contribution is 2.29. The third-order valence-corrected chi connectivity index (χ3v) is 3.38. The van der Waals surface area contributed by atoms with Crippen molar-refractivity contribution in [2.75, 3.05) is 14.2 Å². The molecule has 130 valence electrons. The molecule has 9 heteroatoms. The van der Waals surface area contributed by atoms with Crippen molar-refractivity contribution < 1.29 is 27.2 Å². The maximum atomic E-state index is 12.5. The summed E-state index contributed by atoms with van der Waals surface area (Å²) in [6, 6.07) is 6.50. The largest absolute Gasteiger partial charge is 0.471 e. The summed E-state index contributed by atoms with van der Waals surface area (Å²) < 4.78 is 46.5. The molecule has 0 fully saturated rings. The molecule has 1 aromatic carbocycles. The van der Waals surface area contributed by atoms with Crippen molar-refractivity contribution in [1.29, 1.82) is 0 Å². The van der Waals surface area contributed by atoms with E-state index < -0.39 is 18.2 Å². The normalized spacial score (nSPS) is 12.9. The van der Waals surface area contributed by atoms with E-state index in [0.29, 0.717) is 12.1 Å². The number of aromatic nitrogens is 2. The predicted octanol–water partition coefficient (Wildman–Crippen LogP) is 2.75. The van der Waals surface area contributed by atoms with Gasteiger partial charge in [0.1, 0.15) is 6.10 Å². The molecule has 0 saturated carbocycles. The van der Waals surface area contributed by atoms with E-state index in [2.05, 4.69) is 14.7 Å². The Balaban J connectivity index is 2.08. The fourth-order valence-corrected chi connectivity index (χ4v) is 1.98. The third kappa shape index (κ3) is 4.10. The van der Waals surface area contributed by atoms with E-state index in [9.17, 15) is 18.0 Å². The van der Waals surface area contributed by atoms with Gasteiger partial charge in [0.25, 0.3) is 5.91 Å². The van der Waals surface area contributed by atoms with Crippen LogP contribution in [0, 0.1) is 0 Å². The highest BCUT2D eigenvalue weighted by molar-refractivity contribution is 5.80. The molecular formula is C15H16F3N3O3. The Hall–Kier alpha value is -2.42. The predicted molar refractivity (Wildman–Crippen MR) is 77.7 cm³/mol. The molecule has 0 N–H and O–H groups in total. The molecule has 0 saturated heterocycles. The van der Waals surface area contributed by atoms with Gasteiger partial charge in [-0.25, -0.2) is 0 Å². The smallest absolute Gasteiger partial charge is 0.372 e. The highest BCUT2D eigenvalue weighted by atomic mass is 19.4. The van der Waals surface area contributed by atoms with Crippen LogP contribution in [0.2, 0.25) is 0 Å². The van der Waals surface area contributed by atoms with Crippen molar-refractivity contribution in [1.82, 2.24) is 15.0 Å². The number of carbonyl (C=O) groups excluding carboxylic acids is 1. The summed E-state index contributed by atoms with van der Waals surface area (Å²) in [6.07, 6.45) is -5.22. The van der Waals surface area contributed by atoms with Crippen LogP contribution in [0.25, 0.3) is 11.4 Å². The number of amides is 1. The van der Waals surface area contributed by atoms with E-state index in [4.69, 9.17) is 4.74 Å². The van der Waals surface area contributed by atoms with Crippen LogP contribution in [0.1, 0.15) is 18.4 Å². The van der Waals surface area contributed by atoms with Gasteiger partial charge in [-0.3, -0.25) is 4.79 Å². The van der Waals surface area contributed by atoms with Gasteiger partial charge in [-0.15, -0.1) is 0 Å². The van der Waals surface area contributed by atoms with Gasteiger partial charge in [0.05, 0.1) is 0 Å². The van der Waals surface area contributed by atoms with Crippen molar-refractivity contribution in [3.8, 4) is 11.4 Å². The molecular weight excluding hydrogens is 327 g/mol. The molecule has 0 aliphatic carbocycles. The average Bonchev–Trinajstić information content (AvgIpc) is 3.04. The Bertz CT molecular complexity index is 698.